The molecule has 0 saturated carbocycles. The second-order valence-corrected chi connectivity index (χ2v) is 11.4. The van der Waals surface area contributed by atoms with Gasteiger partial charge in [-0.2, -0.15) is 0 Å². The molecule has 7 aromatic rings. The molecule has 0 aliphatic heterocycles. The third-order valence-electron chi connectivity index (χ3n) is 7.40. The number of benzene rings is 4. The summed E-state index contributed by atoms with van der Waals surface area (Å²) in [7, 11) is 0. The monoisotopic (exact) mass is 785 g/mol. The summed E-state index contributed by atoms with van der Waals surface area (Å²) in [5.41, 5.74) is 11.2. The number of hydrogen-bond acceptors (Lipinski definition) is 3. The van der Waals surface area contributed by atoms with Gasteiger partial charge in [0, 0.05) is 18.1 Å². The molecule has 0 radical (unpaired) electrons. The van der Waals surface area contributed by atoms with Gasteiger partial charge in [0.1, 0.15) is 0 Å². The van der Waals surface area contributed by atoms with E-state index in [1.807, 2.05) is 91.0 Å². The second kappa shape index (κ2) is 16.5. The number of pyridine rings is 3. The molecule has 4 heteroatoms. The third kappa shape index (κ3) is 9.04. The van der Waals surface area contributed by atoms with Gasteiger partial charge in [-0.25, -0.2) is 0 Å². The van der Waals surface area contributed by atoms with E-state index in [4.69, 9.17) is 4.98 Å². The molecule has 3 nitrogen and oxygen atoms in total. The van der Waals surface area contributed by atoms with Crippen LogP contribution in [0.4, 0.5) is 0 Å². The summed E-state index contributed by atoms with van der Waals surface area (Å²) in [5.74, 6) is 0.639. The number of aromatic nitrogens is 3. The van der Waals surface area contributed by atoms with Crippen LogP contribution in [-0.4, -0.2) is 15.0 Å². The van der Waals surface area contributed by atoms with Crippen molar-refractivity contribution < 1.29 is 20.1 Å². The molecular weight excluding hydrogens is 751 g/mol. The Kier molecular flexibility index (Phi) is 11.7. The molecule has 0 atom stereocenters. The molecule has 0 bridgehead atoms. The van der Waals surface area contributed by atoms with Gasteiger partial charge in [0.05, 0.1) is 0 Å². The minimum Gasteiger partial charge on any atom is -0.335 e. The van der Waals surface area contributed by atoms with E-state index < -0.39 is 0 Å². The van der Waals surface area contributed by atoms with Crippen molar-refractivity contribution in [2.24, 2.45) is 5.92 Å². The molecule has 0 saturated heterocycles. The van der Waals surface area contributed by atoms with Crippen molar-refractivity contribution in [2.75, 3.05) is 0 Å². The fraction of sp³-hybridized carbons (Fsp3) is 0.0930. The van der Waals surface area contributed by atoms with E-state index in [-0.39, 0.29) is 20.1 Å². The Morgan fingerprint density at radius 3 is 1.55 bits per heavy atom. The zero-order valence-electron chi connectivity index (χ0n) is 26.4. The first-order chi connectivity index (χ1) is 22.6. The Morgan fingerprint density at radius 1 is 0.511 bits per heavy atom. The van der Waals surface area contributed by atoms with E-state index in [0.717, 1.165) is 57.0 Å². The smallest absolute Gasteiger partial charge is 0.335 e. The Labute approximate surface area is 291 Å². The van der Waals surface area contributed by atoms with Gasteiger partial charge in [0.15, 0.2) is 0 Å². The summed E-state index contributed by atoms with van der Waals surface area (Å²) in [4.78, 5) is 13.7. The van der Waals surface area contributed by atoms with Crippen molar-refractivity contribution in [1.82, 2.24) is 15.0 Å². The fourth-order valence-electron chi connectivity index (χ4n) is 5.20. The molecule has 4 aromatic carbocycles. The van der Waals surface area contributed by atoms with Crippen LogP contribution in [0, 0.1) is 24.1 Å². The van der Waals surface area contributed by atoms with Crippen molar-refractivity contribution in [1.29, 1.82) is 0 Å². The van der Waals surface area contributed by atoms with E-state index in [2.05, 4.69) is 90.5 Å². The molecular formula is C43H34IrN3. The van der Waals surface area contributed by atoms with E-state index >= 15 is 0 Å². The summed E-state index contributed by atoms with van der Waals surface area (Å²) in [6.45, 7) is 4.50. The minimum absolute atomic E-state index is 0. The largest absolute Gasteiger partial charge is 3.00 e. The molecule has 0 N–H and O–H groups in total. The van der Waals surface area contributed by atoms with Crippen LogP contribution < -0.4 is 0 Å². The summed E-state index contributed by atoms with van der Waals surface area (Å²) >= 11 is 0. The van der Waals surface area contributed by atoms with E-state index in [0.29, 0.717) is 5.92 Å². The second-order valence-electron chi connectivity index (χ2n) is 11.4. The molecule has 7 rings (SSSR count). The van der Waals surface area contributed by atoms with Crippen LogP contribution in [0.1, 0.15) is 19.4 Å². The van der Waals surface area contributed by atoms with Crippen LogP contribution in [0.15, 0.2) is 152 Å². The van der Waals surface area contributed by atoms with Gasteiger partial charge in [-0.1, -0.05) is 85.6 Å². The maximum atomic E-state index is 5.01. The number of hydrogen-bond donors (Lipinski definition) is 0. The summed E-state index contributed by atoms with van der Waals surface area (Å²) in [6.07, 6.45) is 4.68. The van der Waals surface area contributed by atoms with Gasteiger partial charge in [0.2, 0.25) is 0 Å². The van der Waals surface area contributed by atoms with Gasteiger partial charge in [-0.3, -0.25) is 4.98 Å². The topological polar surface area (TPSA) is 38.7 Å². The fourth-order valence-corrected chi connectivity index (χ4v) is 5.20. The first-order valence-corrected chi connectivity index (χ1v) is 15.5. The molecule has 47 heavy (non-hydrogen) atoms. The van der Waals surface area contributed by atoms with Gasteiger partial charge in [-0.05, 0) is 58.2 Å². The summed E-state index contributed by atoms with van der Waals surface area (Å²) in [6, 6.07) is 56.9. The van der Waals surface area contributed by atoms with Crippen LogP contribution in [-0.2, 0) is 26.5 Å². The first-order valence-electron chi connectivity index (χ1n) is 15.5. The molecule has 3 heterocycles. The van der Waals surface area contributed by atoms with Crippen molar-refractivity contribution in [3.05, 3.63) is 176 Å². The van der Waals surface area contributed by atoms with Crippen LogP contribution in [0.2, 0.25) is 0 Å². The average molecular weight is 785 g/mol. The van der Waals surface area contributed by atoms with Crippen molar-refractivity contribution in [3.8, 4) is 56.2 Å². The van der Waals surface area contributed by atoms with Crippen LogP contribution in [0.3, 0.4) is 0 Å². The molecule has 0 aliphatic carbocycles. The normalized spacial score (nSPS) is 10.4. The molecule has 0 fully saturated rings. The van der Waals surface area contributed by atoms with Gasteiger partial charge < -0.3 is 9.97 Å². The van der Waals surface area contributed by atoms with E-state index in [1.165, 1.54) is 11.1 Å². The molecule has 0 unspecified atom stereocenters. The van der Waals surface area contributed by atoms with Crippen molar-refractivity contribution in [3.63, 3.8) is 0 Å². The van der Waals surface area contributed by atoms with Crippen molar-refractivity contribution in [2.45, 2.75) is 20.3 Å². The predicted molar refractivity (Wildman–Crippen MR) is 188 cm³/mol. The SMILES string of the molecule is CC(C)Cc1ccc(-c2cc(-c3[c-]cccc3)nc(-c3[c-]c(-c4ccccn4)ccc3)c2)cc1.[Ir+3].[c-]1ccccc1-c1ccccn1. The predicted octanol–water partition coefficient (Wildman–Crippen LogP) is 10.5. The van der Waals surface area contributed by atoms with Gasteiger partial charge in [-0.15, -0.1) is 96.1 Å². The zero-order valence-corrected chi connectivity index (χ0v) is 28.8. The molecule has 3 aromatic heterocycles. The number of rotatable bonds is 7. The number of nitrogens with zero attached hydrogens (tertiary/aromatic N) is 3. The van der Waals surface area contributed by atoms with Gasteiger partial charge >= 0.3 is 20.1 Å². The zero-order chi connectivity index (χ0) is 31.6. The Bertz CT molecular complexity index is 1920. The average Bonchev–Trinajstić information content (AvgIpc) is 3.13. The quantitative estimate of drug-likeness (QED) is 0.151. The van der Waals surface area contributed by atoms with Gasteiger partial charge in [0.25, 0.3) is 0 Å². The first kappa shape index (κ1) is 33.3. The summed E-state index contributed by atoms with van der Waals surface area (Å²) in [5, 5.41) is 0. The van der Waals surface area contributed by atoms with E-state index in [9.17, 15) is 0 Å². The maximum absolute atomic E-state index is 5.01. The van der Waals surface area contributed by atoms with Crippen LogP contribution in [0.25, 0.3) is 56.2 Å². The van der Waals surface area contributed by atoms with Crippen molar-refractivity contribution >= 4 is 0 Å². The molecule has 0 amide bonds. The molecule has 0 aliphatic rings. The van der Waals surface area contributed by atoms with Crippen LogP contribution >= 0.6 is 0 Å². The molecule has 230 valence electrons. The van der Waals surface area contributed by atoms with E-state index in [1.54, 1.807) is 12.4 Å². The summed E-state index contributed by atoms with van der Waals surface area (Å²) < 4.78 is 0. The standard InChI is InChI=1S/C32H26N2.C11H8N.Ir/c1-23(2)19-24-14-16-25(17-15-24)29-21-31(26-9-4-3-5-10-26)34-32(22-29)28-12-8-11-27(20-28)30-13-6-7-18-33-30;1-2-6-10(7-3-1)11-8-4-5-9-12-11;/h3-9,11-18,21-23H,19H2,1-2H3;1-6,8-9H;/q-2;-1;+3. The third-order valence-corrected chi connectivity index (χ3v) is 7.40. The Morgan fingerprint density at radius 2 is 1.02 bits per heavy atom. The Balaban J connectivity index is 0.000000280. The minimum atomic E-state index is 0. The Hall–Kier alpha value is -5.02. The van der Waals surface area contributed by atoms with Crippen LogP contribution in [0.5, 0.6) is 0 Å². The molecule has 0 spiro atoms. The maximum Gasteiger partial charge on any atom is 3.00 e.